The zero-order valence-corrected chi connectivity index (χ0v) is 17.3. The van der Waals surface area contributed by atoms with E-state index >= 15 is 0 Å². The standard InChI is InChI=1S/C24H26N2O4/c1-17-3-6-21(13-25-17)20-7-4-19(5-8-20)14-26-18(2)11-22(12-24(26)27)30-16-23-15-28-9-10-29-23/h3-8,11-13,23H,9-10,14-16H2,1-2H3/t23-/m1/s1. The lowest BCUT2D eigenvalue weighted by molar-refractivity contribution is -0.101. The summed E-state index contributed by atoms with van der Waals surface area (Å²) in [5, 5.41) is 0. The van der Waals surface area contributed by atoms with Gasteiger partial charge in [0.05, 0.1) is 26.4 Å². The van der Waals surface area contributed by atoms with Crippen LogP contribution in [-0.4, -0.2) is 42.1 Å². The minimum Gasteiger partial charge on any atom is -0.491 e. The topological polar surface area (TPSA) is 62.6 Å². The molecule has 1 atom stereocenters. The fourth-order valence-corrected chi connectivity index (χ4v) is 3.43. The van der Waals surface area contributed by atoms with Gasteiger partial charge in [-0.1, -0.05) is 30.3 Å². The van der Waals surface area contributed by atoms with E-state index in [1.54, 1.807) is 4.57 Å². The third-order valence-electron chi connectivity index (χ3n) is 5.17. The van der Waals surface area contributed by atoms with Crippen molar-refractivity contribution >= 4 is 0 Å². The predicted octanol–water partition coefficient (Wildman–Crippen LogP) is 3.37. The molecular formula is C24H26N2O4. The molecule has 0 saturated carbocycles. The minimum atomic E-state index is -0.0938. The molecule has 0 N–H and O–H groups in total. The van der Waals surface area contributed by atoms with Crippen LogP contribution in [0.25, 0.3) is 11.1 Å². The van der Waals surface area contributed by atoms with Crippen LogP contribution in [0.2, 0.25) is 0 Å². The summed E-state index contributed by atoms with van der Waals surface area (Å²) in [6.07, 6.45) is 1.78. The van der Waals surface area contributed by atoms with Crippen LogP contribution in [-0.2, 0) is 16.0 Å². The Hall–Kier alpha value is -2.96. The van der Waals surface area contributed by atoms with Gasteiger partial charge in [0.1, 0.15) is 18.5 Å². The average molecular weight is 406 g/mol. The lowest BCUT2D eigenvalue weighted by Crippen LogP contribution is -2.33. The van der Waals surface area contributed by atoms with E-state index in [0.717, 1.165) is 28.1 Å². The molecule has 1 aliphatic rings. The van der Waals surface area contributed by atoms with Gasteiger partial charge in [-0.15, -0.1) is 0 Å². The van der Waals surface area contributed by atoms with E-state index in [9.17, 15) is 4.79 Å². The zero-order chi connectivity index (χ0) is 20.9. The van der Waals surface area contributed by atoms with Crippen LogP contribution < -0.4 is 10.3 Å². The van der Waals surface area contributed by atoms with Crippen LogP contribution in [0.3, 0.4) is 0 Å². The molecule has 1 aromatic carbocycles. The molecule has 3 aromatic rings. The molecule has 0 radical (unpaired) electrons. The second kappa shape index (κ2) is 9.24. The second-order valence-corrected chi connectivity index (χ2v) is 7.52. The van der Waals surface area contributed by atoms with Crippen molar-refractivity contribution in [3.05, 3.63) is 82.0 Å². The first-order valence-corrected chi connectivity index (χ1v) is 10.1. The highest BCUT2D eigenvalue weighted by Gasteiger charge is 2.15. The van der Waals surface area contributed by atoms with E-state index < -0.39 is 0 Å². The third kappa shape index (κ3) is 4.96. The normalized spacial score (nSPS) is 16.4. The molecule has 4 rings (SSSR count). The summed E-state index contributed by atoms with van der Waals surface area (Å²) in [5.74, 6) is 0.560. The number of nitrogens with zero attached hydrogens (tertiary/aromatic N) is 2. The summed E-state index contributed by atoms with van der Waals surface area (Å²) in [7, 11) is 0. The summed E-state index contributed by atoms with van der Waals surface area (Å²) in [6.45, 7) is 6.49. The molecular weight excluding hydrogens is 380 g/mol. The van der Waals surface area contributed by atoms with Gasteiger partial charge in [0.25, 0.3) is 5.56 Å². The molecule has 2 aromatic heterocycles. The summed E-state index contributed by atoms with van der Waals surface area (Å²) >= 11 is 0. The largest absolute Gasteiger partial charge is 0.491 e. The lowest BCUT2D eigenvalue weighted by atomic mass is 10.1. The molecule has 1 fully saturated rings. The maximum absolute atomic E-state index is 12.7. The van der Waals surface area contributed by atoms with Crippen LogP contribution in [0.4, 0.5) is 0 Å². The van der Waals surface area contributed by atoms with Crippen molar-refractivity contribution in [2.75, 3.05) is 26.4 Å². The highest BCUT2D eigenvalue weighted by Crippen LogP contribution is 2.20. The first-order valence-electron chi connectivity index (χ1n) is 10.1. The van der Waals surface area contributed by atoms with Gasteiger partial charge in [0, 0.05) is 29.2 Å². The van der Waals surface area contributed by atoms with Gasteiger partial charge in [-0.25, -0.2) is 0 Å². The van der Waals surface area contributed by atoms with E-state index in [-0.39, 0.29) is 11.7 Å². The SMILES string of the molecule is Cc1ccc(-c2ccc(Cn3c(C)cc(OC[C@H]4COCCO4)cc3=O)cc2)cn1. The summed E-state index contributed by atoms with van der Waals surface area (Å²) < 4.78 is 18.5. The van der Waals surface area contributed by atoms with Crippen molar-refractivity contribution in [3.8, 4) is 16.9 Å². The Balaban J connectivity index is 1.43. The Kier molecular flexibility index (Phi) is 6.26. The Morgan fingerprint density at radius 3 is 2.53 bits per heavy atom. The second-order valence-electron chi connectivity index (χ2n) is 7.52. The molecule has 0 aliphatic carbocycles. The average Bonchev–Trinajstić information content (AvgIpc) is 2.77. The van der Waals surface area contributed by atoms with Crippen molar-refractivity contribution in [3.63, 3.8) is 0 Å². The Bertz CT molecular complexity index is 1040. The number of pyridine rings is 2. The number of aromatic nitrogens is 2. The maximum Gasteiger partial charge on any atom is 0.254 e. The van der Waals surface area contributed by atoms with Gasteiger partial charge in [-0.05, 0) is 37.1 Å². The van der Waals surface area contributed by atoms with Gasteiger partial charge >= 0.3 is 0 Å². The number of benzene rings is 1. The molecule has 0 bridgehead atoms. The molecule has 1 saturated heterocycles. The maximum atomic E-state index is 12.7. The Morgan fingerprint density at radius 2 is 1.87 bits per heavy atom. The molecule has 156 valence electrons. The lowest BCUT2D eigenvalue weighted by Gasteiger charge is -2.23. The van der Waals surface area contributed by atoms with E-state index in [0.29, 0.717) is 38.7 Å². The molecule has 6 nitrogen and oxygen atoms in total. The first kappa shape index (κ1) is 20.3. The molecule has 0 unspecified atom stereocenters. The Labute approximate surface area is 176 Å². The summed E-state index contributed by atoms with van der Waals surface area (Å²) in [5.41, 5.74) is 5.01. The molecule has 0 amide bonds. The van der Waals surface area contributed by atoms with Crippen molar-refractivity contribution < 1.29 is 14.2 Å². The molecule has 3 heterocycles. The molecule has 30 heavy (non-hydrogen) atoms. The van der Waals surface area contributed by atoms with Crippen molar-refractivity contribution in [1.29, 1.82) is 0 Å². The van der Waals surface area contributed by atoms with Crippen LogP contribution >= 0.6 is 0 Å². The van der Waals surface area contributed by atoms with Crippen molar-refractivity contribution in [2.45, 2.75) is 26.5 Å². The fourth-order valence-electron chi connectivity index (χ4n) is 3.43. The highest BCUT2D eigenvalue weighted by molar-refractivity contribution is 5.62. The van der Waals surface area contributed by atoms with E-state index in [2.05, 4.69) is 23.2 Å². The van der Waals surface area contributed by atoms with Crippen molar-refractivity contribution in [2.24, 2.45) is 0 Å². The number of rotatable bonds is 6. The van der Waals surface area contributed by atoms with Crippen LogP contribution in [0.1, 0.15) is 17.0 Å². The van der Waals surface area contributed by atoms with Crippen LogP contribution in [0, 0.1) is 13.8 Å². The van der Waals surface area contributed by atoms with Gasteiger partial charge in [0.15, 0.2) is 0 Å². The third-order valence-corrected chi connectivity index (χ3v) is 5.17. The van der Waals surface area contributed by atoms with E-state index in [4.69, 9.17) is 14.2 Å². The summed E-state index contributed by atoms with van der Waals surface area (Å²) in [6, 6.07) is 15.7. The van der Waals surface area contributed by atoms with Gasteiger partial charge in [0.2, 0.25) is 0 Å². The number of hydrogen-bond donors (Lipinski definition) is 0. The minimum absolute atomic E-state index is 0.0855. The monoisotopic (exact) mass is 406 g/mol. The van der Waals surface area contributed by atoms with Gasteiger partial charge in [-0.3, -0.25) is 9.78 Å². The van der Waals surface area contributed by atoms with E-state index in [1.165, 1.54) is 6.07 Å². The number of aryl methyl sites for hydroxylation is 2. The number of hydrogen-bond acceptors (Lipinski definition) is 5. The number of ether oxygens (including phenoxy) is 3. The van der Waals surface area contributed by atoms with Crippen LogP contribution in [0.5, 0.6) is 5.75 Å². The van der Waals surface area contributed by atoms with E-state index in [1.807, 2.05) is 44.3 Å². The predicted molar refractivity (Wildman–Crippen MR) is 115 cm³/mol. The molecule has 0 spiro atoms. The smallest absolute Gasteiger partial charge is 0.254 e. The highest BCUT2D eigenvalue weighted by atomic mass is 16.6. The molecule has 6 heteroatoms. The van der Waals surface area contributed by atoms with Gasteiger partial charge in [-0.2, -0.15) is 0 Å². The first-order chi connectivity index (χ1) is 14.6. The quantitative estimate of drug-likeness (QED) is 0.628. The van der Waals surface area contributed by atoms with Crippen molar-refractivity contribution in [1.82, 2.24) is 9.55 Å². The zero-order valence-electron chi connectivity index (χ0n) is 17.3. The molecule has 1 aliphatic heterocycles. The Morgan fingerprint density at radius 1 is 1.07 bits per heavy atom. The van der Waals surface area contributed by atoms with Crippen LogP contribution in [0.15, 0.2) is 59.5 Å². The fraction of sp³-hybridized carbons (Fsp3) is 0.333. The van der Waals surface area contributed by atoms with Gasteiger partial charge < -0.3 is 18.8 Å². The summed E-state index contributed by atoms with van der Waals surface area (Å²) in [4.78, 5) is 17.0.